The standard InChI is InChI=1S/C28H41N3O2/c1-16-8-26-25(31(32)15-16)13-28(33-26)7-6-20-21-5-4-19-9-24-18(14-29-30-24)12-27(19,3)23(21)10-22(20)17(2)11-28/h14,16,19-21,23,25-26,32H,4-13,15H2,1-3H3,(H,29,30)/t16-,19+,20-,21-,23-,25-,26+,27-,28-/m0/s1. The Kier molecular flexibility index (Phi) is 4.60. The molecule has 2 aliphatic heterocycles. The molecule has 0 unspecified atom stereocenters. The summed E-state index contributed by atoms with van der Waals surface area (Å²) in [5.41, 5.74) is 6.69. The van der Waals surface area contributed by atoms with E-state index in [1.807, 2.05) is 0 Å². The van der Waals surface area contributed by atoms with Crippen LogP contribution < -0.4 is 0 Å². The summed E-state index contributed by atoms with van der Waals surface area (Å²) in [6.07, 6.45) is 14.5. The van der Waals surface area contributed by atoms with Crippen LogP contribution in [0.4, 0.5) is 0 Å². The average molecular weight is 452 g/mol. The van der Waals surface area contributed by atoms with E-state index >= 15 is 0 Å². The largest absolute Gasteiger partial charge is 0.370 e. The average Bonchev–Trinajstić information content (AvgIpc) is 3.43. The molecule has 180 valence electrons. The number of hydrogen-bond acceptors (Lipinski definition) is 4. The molecule has 0 bridgehead atoms. The summed E-state index contributed by atoms with van der Waals surface area (Å²) in [4.78, 5) is 0. The molecule has 1 spiro atoms. The fourth-order valence-electron chi connectivity index (χ4n) is 9.81. The normalized spacial score (nSPS) is 49.3. The van der Waals surface area contributed by atoms with Crippen molar-refractivity contribution in [1.29, 1.82) is 0 Å². The maximum Gasteiger partial charge on any atom is 0.0765 e. The molecule has 1 aromatic heterocycles. The van der Waals surface area contributed by atoms with Crippen molar-refractivity contribution in [2.24, 2.45) is 35.0 Å². The third kappa shape index (κ3) is 3.04. The second-order valence-electron chi connectivity index (χ2n) is 13.2. The first kappa shape index (κ1) is 21.1. The molecule has 0 aromatic carbocycles. The highest BCUT2D eigenvalue weighted by Crippen LogP contribution is 2.64. The lowest BCUT2D eigenvalue weighted by Crippen LogP contribution is -2.47. The van der Waals surface area contributed by atoms with Crippen LogP contribution in [0.15, 0.2) is 17.3 Å². The molecule has 2 saturated carbocycles. The van der Waals surface area contributed by atoms with E-state index in [0.717, 1.165) is 49.5 Å². The molecule has 2 N–H and O–H groups in total. The van der Waals surface area contributed by atoms with Crippen LogP contribution >= 0.6 is 0 Å². The molecular formula is C28H41N3O2. The number of nitrogens with zero attached hydrogens (tertiary/aromatic N) is 2. The van der Waals surface area contributed by atoms with Gasteiger partial charge in [-0.1, -0.05) is 25.0 Å². The summed E-state index contributed by atoms with van der Waals surface area (Å²) < 4.78 is 6.88. The van der Waals surface area contributed by atoms with Gasteiger partial charge in [0.1, 0.15) is 0 Å². The number of fused-ring (bicyclic) bond motifs is 7. The monoisotopic (exact) mass is 451 g/mol. The van der Waals surface area contributed by atoms with E-state index in [9.17, 15) is 5.21 Å². The van der Waals surface area contributed by atoms with Crippen LogP contribution in [-0.4, -0.2) is 44.8 Å². The van der Waals surface area contributed by atoms with Crippen LogP contribution in [0.25, 0.3) is 0 Å². The lowest BCUT2D eigenvalue weighted by Gasteiger charge is -2.52. The molecular weight excluding hydrogens is 410 g/mol. The number of H-pyrrole nitrogens is 1. The Balaban J connectivity index is 1.17. The molecule has 3 heterocycles. The molecule has 2 saturated heterocycles. The number of allylic oxidation sites excluding steroid dienone is 1. The Labute approximate surface area is 198 Å². The predicted molar refractivity (Wildman–Crippen MR) is 127 cm³/mol. The van der Waals surface area contributed by atoms with Crippen molar-refractivity contribution in [1.82, 2.24) is 15.3 Å². The highest BCUT2D eigenvalue weighted by molar-refractivity contribution is 5.31. The second-order valence-corrected chi connectivity index (χ2v) is 13.2. The van der Waals surface area contributed by atoms with Gasteiger partial charge in [0, 0.05) is 12.2 Å². The minimum absolute atomic E-state index is 0.0467. The molecule has 6 aliphatic rings. The van der Waals surface area contributed by atoms with Gasteiger partial charge in [0.15, 0.2) is 0 Å². The number of rotatable bonds is 0. The maximum absolute atomic E-state index is 10.6. The van der Waals surface area contributed by atoms with E-state index in [4.69, 9.17) is 4.74 Å². The zero-order chi connectivity index (χ0) is 22.5. The maximum atomic E-state index is 10.6. The number of piperidine rings is 1. The Hall–Kier alpha value is -1.17. The first-order chi connectivity index (χ1) is 15.9. The molecule has 0 amide bonds. The number of nitrogens with one attached hydrogen (secondary N) is 1. The zero-order valence-corrected chi connectivity index (χ0v) is 20.6. The van der Waals surface area contributed by atoms with E-state index in [0.29, 0.717) is 11.3 Å². The Bertz CT molecular complexity index is 986. The van der Waals surface area contributed by atoms with E-state index in [1.54, 1.807) is 16.2 Å². The van der Waals surface area contributed by atoms with E-state index in [2.05, 4.69) is 37.2 Å². The zero-order valence-electron chi connectivity index (χ0n) is 20.6. The first-order valence-electron chi connectivity index (χ1n) is 13.7. The SMILES string of the molecule is CC1=C2C[C@H]3[C@@H](CC[C@@H]4Cc5[nH]ncc5C[C@@]43C)[C@@H]2CC[C@]2(C1)C[C@H]1[C@@H](C[C@H](C)CN1O)O2. The lowest BCUT2D eigenvalue weighted by atomic mass is 9.52. The highest BCUT2D eigenvalue weighted by atomic mass is 16.5. The minimum Gasteiger partial charge on any atom is -0.370 e. The summed E-state index contributed by atoms with van der Waals surface area (Å²) in [5.74, 6) is 3.74. The number of ether oxygens (including phenoxy) is 1. The number of aromatic nitrogens is 2. The fourth-order valence-corrected chi connectivity index (χ4v) is 9.81. The third-order valence-corrected chi connectivity index (χ3v) is 11.4. The topological polar surface area (TPSA) is 61.4 Å². The molecule has 5 heteroatoms. The van der Waals surface area contributed by atoms with E-state index in [-0.39, 0.29) is 17.7 Å². The Morgan fingerprint density at radius 1 is 1.21 bits per heavy atom. The predicted octanol–water partition coefficient (Wildman–Crippen LogP) is 5.30. The smallest absolute Gasteiger partial charge is 0.0765 e. The summed E-state index contributed by atoms with van der Waals surface area (Å²) in [7, 11) is 0. The van der Waals surface area contributed by atoms with Gasteiger partial charge < -0.3 is 9.94 Å². The van der Waals surface area contributed by atoms with Crippen LogP contribution in [0.3, 0.4) is 0 Å². The number of aromatic amines is 1. The molecule has 1 aromatic rings. The number of hydrogen-bond donors (Lipinski definition) is 2. The molecule has 7 rings (SSSR count). The molecule has 4 fully saturated rings. The Morgan fingerprint density at radius 3 is 2.97 bits per heavy atom. The van der Waals surface area contributed by atoms with Gasteiger partial charge in [-0.15, -0.1) is 0 Å². The number of hydroxylamine groups is 2. The minimum atomic E-state index is -0.0467. The molecule has 5 nitrogen and oxygen atoms in total. The Morgan fingerprint density at radius 2 is 2.09 bits per heavy atom. The van der Waals surface area contributed by atoms with Crippen molar-refractivity contribution in [2.75, 3.05) is 6.54 Å². The van der Waals surface area contributed by atoms with Crippen molar-refractivity contribution >= 4 is 0 Å². The lowest BCUT2D eigenvalue weighted by molar-refractivity contribution is -0.175. The van der Waals surface area contributed by atoms with Crippen molar-refractivity contribution in [2.45, 2.75) is 103 Å². The van der Waals surface area contributed by atoms with Crippen LogP contribution in [0.5, 0.6) is 0 Å². The molecule has 4 aliphatic carbocycles. The summed E-state index contributed by atoms with van der Waals surface area (Å²) in [5, 5.41) is 19.9. The van der Waals surface area contributed by atoms with Crippen molar-refractivity contribution in [3.63, 3.8) is 0 Å². The highest BCUT2D eigenvalue weighted by Gasteiger charge is 2.58. The van der Waals surface area contributed by atoms with Gasteiger partial charge in [-0.3, -0.25) is 5.10 Å². The van der Waals surface area contributed by atoms with Crippen molar-refractivity contribution in [3.05, 3.63) is 28.6 Å². The summed E-state index contributed by atoms with van der Waals surface area (Å²) in [6, 6.07) is 0.199. The van der Waals surface area contributed by atoms with Gasteiger partial charge in [-0.25, -0.2) is 0 Å². The summed E-state index contributed by atoms with van der Waals surface area (Å²) >= 11 is 0. The van der Waals surface area contributed by atoms with Gasteiger partial charge in [0.25, 0.3) is 0 Å². The van der Waals surface area contributed by atoms with Crippen LogP contribution in [0.2, 0.25) is 0 Å². The van der Waals surface area contributed by atoms with E-state index in [1.165, 1.54) is 56.2 Å². The quantitative estimate of drug-likeness (QED) is 0.525. The van der Waals surface area contributed by atoms with Crippen molar-refractivity contribution < 1.29 is 9.94 Å². The van der Waals surface area contributed by atoms with Gasteiger partial charge in [-0.05, 0) is 112 Å². The summed E-state index contributed by atoms with van der Waals surface area (Å²) in [6.45, 7) is 8.08. The molecule has 9 atom stereocenters. The van der Waals surface area contributed by atoms with Crippen LogP contribution in [-0.2, 0) is 17.6 Å². The van der Waals surface area contributed by atoms with Gasteiger partial charge in [0.2, 0.25) is 0 Å². The van der Waals surface area contributed by atoms with Gasteiger partial charge in [0.05, 0.1) is 23.9 Å². The molecule has 33 heavy (non-hydrogen) atoms. The van der Waals surface area contributed by atoms with Gasteiger partial charge >= 0.3 is 0 Å². The van der Waals surface area contributed by atoms with Crippen LogP contribution in [0, 0.1) is 35.0 Å². The third-order valence-electron chi connectivity index (χ3n) is 11.4. The van der Waals surface area contributed by atoms with E-state index < -0.39 is 0 Å². The van der Waals surface area contributed by atoms with Crippen molar-refractivity contribution in [3.8, 4) is 0 Å². The second kappa shape index (κ2) is 7.18. The van der Waals surface area contributed by atoms with Crippen LogP contribution in [0.1, 0.15) is 83.4 Å². The van der Waals surface area contributed by atoms with Gasteiger partial charge in [-0.2, -0.15) is 10.2 Å². The fraction of sp³-hybridized carbons (Fsp3) is 0.821. The first-order valence-corrected chi connectivity index (χ1v) is 13.7. The molecule has 0 radical (unpaired) electrons.